The second-order valence-corrected chi connectivity index (χ2v) is 7.95. The molecule has 0 bridgehead atoms. The first-order valence-corrected chi connectivity index (χ1v) is 10.8. The van der Waals surface area contributed by atoms with Gasteiger partial charge in [-0.3, -0.25) is 0 Å². The molecule has 0 aliphatic carbocycles. The summed E-state index contributed by atoms with van der Waals surface area (Å²) < 4.78 is 7.50. The highest BCUT2D eigenvalue weighted by molar-refractivity contribution is 7.71. The Morgan fingerprint density at radius 2 is 2.10 bits per heavy atom. The molecule has 6 nitrogen and oxygen atoms in total. The van der Waals surface area contributed by atoms with Crippen LogP contribution in [0.5, 0.6) is 0 Å². The van der Waals surface area contributed by atoms with E-state index >= 15 is 0 Å². The maximum Gasteiger partial charge on any atom is 0.433 e. The third-order valence-corrected chi connectivity index (χ3v) is 4.84. The summed E-state index contributed by atoms with van der Waals surface area (Å²) in [6.07, 6.45) is 5.17. The van der Waals surface area contributed by atoms with Gasteiger partial charge in [0.15, 0.2) is 0 Å². The lowest BCUT2D eigenvalue weighted by molar-refractivity contribution is 0.143. The first kappa shape index (κ1) is 24.2. The van der Waals surface area contributed by atoms with Gasteiger partial charge in [-0.15, -0.1) is 0 Å². The van der Waals surface area contributed by atoms with E-state index in [0.29, 0.717) is 35.2 Å². The summed E-state index contributed by atoms with van der Waals surface area (Å²) in [7, 11) is 0. The van der Waals surface area contributed by atoms with E-state index in [0.717, 1.165) is 23.4 Å². The van der Waals surface area contributed by atoms with E-state index in [-0.39, 0.29) is 5.92 Å². The number of benzene rings is 1. The molecule has 1 aromatic carbocycles. The standard InChI is InChI=1S/C24H28N4O2S/c1-5-18(12-20(6-2)26-24(29)30-16-17(3)4)14-22-23(31)10-11-28(27-22)21-9-7-8-19(13-21)15-25/h7-11,13-14,17H,5-6,12,16H2,1-4H3/b18-14+,26-20?. The van der Waals surface area contributed by atoms with Gasteiger partial charge in [0.25, 0.3) is 0 Å². The van der Waals surface area contributed by atoms with E-state index in [9.17, 15) is 4.79 Å². The zero-order chi connectivity index (χ0) is 22.8. The van der Waals surface area contributed by atoms with Crippen molar-refractivity contribution in [3.05, 3.63) is 57.9 Å². The van der Waals surface area contributed by atoms with Crippen LogP contribution in [0.3, 0.4) is 0 Å². The summed E-state index contributed by atoms with van der Waals surface area (Å²) in [4.78, 5) is 16.1. The predicted octanol–water partition coefficient (Wildman–Crippen LogP) is 6.30. The van der Waals surface area contributed by atoms with Crippen molar-refractivity contribution < 1.29 is 9.53 Å². The molecule has 2 aromatic rings. The van der Waals surface area contributed by atoms with Gasteiger partial charge in [0.2, 0.25) is 0 Å². The van der Waals surface area contributed by atoms with Gasteiger partial charge >= 0.3 is 6.09 Å². The Hall–Kier alpha value is -3.11. The number of nitrogens with zero attached hydrogens (tertiary/aromatic N) is 4. The summed E-state index contributed by atoms with van der Waals surface area (Å²) in [6.45, 7) is 8.34. The Labute approximate surface area is 188 Å². The number of nitriles is 1. The third kappa shape index (κ3) is 7.58. The van der Waals surface area contributed by atoms with Crippen LogP contribution in [0.4, 0.5) is 4.79 Å². The zero-order valence-electron chi connectivity index (χ0n) is 18.5. The van der Waals surface area contributed by atoms with Gasteiger partial charge < -0.3 is 4.74 Å². The summed E-state index contributed by atoms with van der Waals surface area (Å²) in [5.41, 5.74) is 3.84. The smallest absolute Gasteiger partial charge is 0.433 e. The quantitative estimate of drug-likeness (QED) is 0.358. The summed E-state index contributed by atoms with van der Waals surface area (Å²) in [5, 5.41) is 13.8. The fourth-order valence-corrected chi connectivity index (χ4v) is 2.92. The van der Waals surface area contributed by atoms with Crippen LogP contribution in [0.25, 0.3) is 11.8 Å². The van der Waals surface area contributed by atoms with Crippen LogP contribution in [-0.2, 0) is 4.74 Å². The van der Waals surface area contributed by atoms with Crippen LogP contribution in [0, 0.1) is 21.8 Å². The molecule has 0 atom stereocenters. The highest BCUT2D eigenvalue weighted by Crippen LogP contribution is 2.17. The van der Waals surface area contributed by atoms with E-state index in [4.69, 9.17) is 22.2 Å². The molecule has 0 radical (unpaired) electrons. The van der Waals surface area contributed by atoms with Crippen molar-refractivity contribution in [3.63, 3.8) is 0 Å². The maximum atomic E-state index is 12.0. The minimum atomic E-state index is -0.544. The lowest BCUT2D eigenvalue weighted by atomic mass is 10.0. The number of ether oxygens (including phenoxy) is 1. The van der Waals surface area contributed by atoms with Gasteiger partial charge in [0.05, 0.1) is 28.4 Å². The lowest BCUT2D eigenvalue weighted by Gasteiger charge is -2.10. The van der Waals surface area contributed by atoms with Crippen molar-refractivity contribution in [2.24, 2.45) is 10.9 Å². The largest absolute Gasteiger partial charge is 0.448 e. The highest BCUT2D eigenvalue weighted by atomic mass is 32.1. The van der Waals surface area contributed by atoms with Crippen molar-refractivity contribution in [2.45, 2.75) is 47.0 Å². The molecule has 0 unspecified atom stereocenters. The monoisotopic (exact) mass is 436 g/mol. The Balaban J connectivity index is 2.29. The fourth-order valence-electron chi connectivity index (χ4n) is 2.76. The predicted molar refractivity (Wildman–Crippen MR) is 126 cm³/mol. The number of rotatable bonds is 8. The number of carbonyl (C=O) groups excluding carboxylic acids is 1. The minimum absolute atomic E-state index is 0.269. The number of aliphatic imine (C=N–C) groups is 1. The molecular formula is C24H28N4O2S. The van der Waals surface area contributed by atoms with Gasteiger partial charge in [0.1, 0.15) is 5.69 Å². The molecule has 0 aliphatic heterocycles. The molecule has 1 aromatic heterocycles. The number of aromatic nitrogens is 2. The van der Waals surface area contributed by atoms with Crippen LogP contribution in [0.1, 0.15) is 58.2 Å². The Kier molecular flexibility index (Phi) is 9.29. The molecule has 0 saturated heterocycles. The first-order valence-electron chi connectivity index (χ1n) is 10.4. The normalized spacial score (nSPS) is 12.0. The second kappa shape index (κ2) is 11.9. The van der Waals surface area contributed by atoms with E-state index in [1.165, 1.54) is 0 Å². The van der Waals surface area contributed by atoms with Gasteiger partial charge in [0, 0.05) is 18.3 Å². The molecule has 31 heavy (non-hydrogen) atoms. The molecule has 1 heterocycles. The molecule has 0 spiro atoms. The van der Waals surface area contributed by atoms with Crippen molar-refractivity contribution >= 4 is 30.1 Å². The molecule has 2 rings (SSSR count). The average Bonchev–Trinajstić information content (AvgIpc) is 2.77. The lowest BCUT2D eigenvalue weighted by Crippen LogP contribution is -2.09. The van der Waals surface area contributed by atoms with Crippen LogP contribution < -0.4 is 0 Å². The van der Waals surface area contributed by atoms with E-state index in [2.05, 4.69) is 16.2 Å². The van der Waals surface area contributed by atoms with Crippen LogP contribution >= 0.6 is 12.2 Å². The molecule has 1 amide bonds. The maximum absolute atomic E-state index is 12.0. The van der Waals surface area contributed by atoms with Gasteiger partial charge in [-0.25, -0.2) is 9.48 Å². The highest BCUT2D eigenvalue weighted by Gasteiger charge is 2.08. The van der Waals surface area contributed by atoms with Gasteiger partial charge in [-0.2, -0.15) is 15.4 Å². The molecule has 0 fully saturated rings. The fraction of sp³-hybridized carbons (Fsp3) is 0.375. The van der Waals surface area contributed by atoms with Gasteiger partial charge in [-0.05, 0) is 49.1 Å². The van der Waals surface area contributed by atoms with E-state index in [1.807, 2.05) is 52.0 Å². The average molecular weight is 437 g/mol. The number of allylic oxidation sites excluding steroid dienone is 1. The number of hydrogen-bond donors (Lipinski definition) is 0. The van der Waals surface area contributed by atoms with Crippen molar-refractivity contribution in [1.82, 2.24) is 9.78 Å². The topological polar surface area (TPSA) is 80.3 Å². The minimum Gasteiger partial charge on any atom is -0.448 e. The van der Waals surface area contributed by atoms with Crippen LogP contribution in [-0.4, -0.2) is 28.2 Å². The number of carbonyl (C=O) groups is 1. The van der Waals surface area contributed by atoms with Gasteiger partial charge in [-0.1, -0.05) is 51.6 Å². The SMILES string of the molecule is CCC(C/C(=C/c1nn(-c2cccc(C#N)c2)ccc1=S)CC)=NC(=O)OCC(C)C. The molecular weight excluding hydrogens is 408 g/mol. The van der Waals surface area contributed by atoms with Crippen molar-refractivity contribution in [3.8, 4) is 11.8 Å². The zero-order valence-corrected chi connectivity index (χ0v) is 19.3. The summed E-state index contributed by atoms with van der Waals surface area (Å²) in [5.74, 6) is 0.269. The Morgan fingerprint density at radius 1 is 1.32 bits per heavy atom. The molecule has 7 heteroatoms. The Morgan fingerprint density at radius 3 is 2.74 bits per heavy atom. The first-order chi connectivity index (χ1) is 14.9. The van der Waals surface area contributed by atoms with Crippen molar-refractivity contribution in [2.75, 3.05) is 6.61 Å². The second-order valence-electron chi connectivity index (χ2n) is 7.51. The summed E-state index contributed by atoms with van der Waals surface area (Å²) in [6, 6.07) is 11.2. The van der Waals surface area contributed by atoms with E-state index in [1.54, 1.807) is 23.0 Å². The summed E-state index contributed by atoms with van der Waals surface area (Å²) >= 11 is 5.47. The van der Waals surface area contributed by atoms with Crippen LogP contribution in [0.15, 0.2) is 47.1 Å². The number of hydrogen-bond acceptors (Lipinski definition) is 5. The third-order valence-electron chi connectivity index (χ3n) is 4.50. The molecule has 0 aliphatic rings. The van der Waals surface area contributed by atoms with E-state index < -0.39 is 6.09 Å². The van der Waals surface area contributed by atoms with Crippen LogP contribution in [0.2, 0.25) is 0 Å². The molecule has 0 saturated carbocycles. The molecule has 162 valence electrons. The molecule has 0 N–H and O–H groups in total. The Bertz CT molecular complexity index is 1080. The number of amides is 1. The van der Waals surface area contributed by atoms with Crippen molar-refractivity contribution in [1.29, 1.82) is 5.26 Å².